The number of rotatable bonds is 3. The van der Waals surface area contributed by atoms with Gasteiger partial charge in [-0.25, -0.2) is 9.67 Å². The van der Waals surface area contributed by atoms with E-state index in [1.165, 1.54) is 5.56 Å². The third-order valence-corrected chi connectivity index (χ3v) is 4.93. The molecule has 0 aliphatic carbocycles. The maximum Gasteiger partial charge on any atom is 0.174 e. The van der Waals surface area contributed by atoms with Crippen LogP contribution in [0.25, 0.3) is 5.82 Å². The van der Waals surface area contributed by atoms with Crippen molar-refractivity contribution in [2.45, 2.75) is 32.6 Å². The van der Waals surface area contributed by atoms with Crippen LogP contribution in [-0.2, 0) is 0 Å². The molecule has 0 atom stereocenters. The lowest BCUT2D eigenvalue weighted by atomic mass is 9.89. The summed E-state index contributed by atoms with van der Waals surface area (Å²) in [6.45, 7) is 6.05. The van der Waals surface area contributed by atoms with Gasteiger partial charge in [-0.1, -0.05) is 30.3 Å². The largest absolute Gasteiger partial charge is 0.355 e. The number of anilines is 1. The van der Waals surface area contributed by atoms with Crippen molar-refractivity contribution in [1.29, 1.82) is 0 Å². The molecule has 3 heterocycles. The second kappa shape index (κ2) is 6.67. The van der Waals surface area contributed by atoms with Crippen molar-refractivity contribution in [2.24, 2.45) is 0 Å². The topological polar surface area (TPSA) is 46.8 Å². The quantitative estimate of drug-likeness (QED) is 0.734. The minimum absolute atomic E-state index is 0.643. The average Bonchev–Trinajstić information content (AvgIpc) is 3.01. The normalized spacial score (nSPS) is 15.5. The lowest BCUT2D eigenvalue weighted by Crippen LogP contribution is -2.33. The molecule has 1 saturated heterocycles. The predicted octanol–water partition coefficient (Wildman–Crippen LogP) is 3.66. The van der Waals surface area contributed by atoms with Crippen molar-refractivity contribution in [3.63, 3.8) is 0 Å². The Bertz CT molecular complexity index is 848. The predicted molar refractivity (Wildman–Crippen MR) is 99.3 cm³/mol. The number of aromatic nitrogens is 4. The summed E-state index contributed by atoms with van der Waals surface area (Å²) in [5.74, 6) is 2.37. The number of hydrogen-bond donors (Lipinski definition) is 0. The Balaban J connectivity index is 1.50. The van der Waals surface area contributed by atoms with Gasteiger partial charge in [0.15, 0.2) is 5.82 Å². The van der Waals surface area contributed by atoms with Crippen LogP contribution in [0.2, 0.25) is 0 Å². The van der Waals surface area contributed by atoms with Gasteiger partial charge in [-0.2, -0.15) is 5.10 Å². The molecule has 1 aliphatic heterocycles. The highest BCUT2D eigenvalue weighted by Gasteiger charge is 2.22. The van der Waals surface area contributed by atoms with Gasteiger partial charge in [0.1, 0.15) is 5.82 Å². The minimum atomic E-state index is 0.643. The second-order valence-electron chi connectivity index (χ2n) is 6.75. The molecule has 0 unspecified atom stereocenters. The van der Waals surface area contributed by atoms with Gasteiger partial charge in [-0.3, -0.25) is 4.98 Å². The molecule has 25 heavy (non-hydrogen) atoms. The lowest BCUT2D eigenvalue weighted by Gasteiger charge is -2.33. The van der Waals surface area contributed by atoms with Crippen LogP contribution in [0.5, 0.6) is 0 Å². The van der Waals surface area contributed by atoms with E-state index in [9.17, 15) is 0 Å². The summed E-state index contributed by atoms with van der Waals surface area (Å²) in [5.41, 5.74) is 3.52. The van der Waals surface area contributed by atoms with E-state index < -0.39 is 0 Å². The third-order valence-electron chi connectivity index (χ3n) is 4.93. The maximum atomic E-state index is 4.80. The zero-order chi connectivity index (χ0) is 17.2. The Labute approximate surface area is 148 Å². The Hall–Kier alpha value is -2.69. The monoisotopic (exact) mass is 333 g/mol. The highest BCUT2D eigenvalue weighted by atomic mass is 15.3. The van der Waals surface area contributed by atoms with E-state index in [0.717, 1.165) is 49.0 Å². The van der Waals surface area contributed by atoms with E-state index in [-0.39, 0.29) is 0 Å². The second-order valence-corrected chi connectivity index (χ2v) is 6.75. The smallest absolute Gasteiger partial charge is 0.174 e. The van der Waals surface area contributed by atoms with Crippen LogP contribution < -0.4 is 4.90 Å². The molecule has 1 aromatic carbocycles. The molecule has 1 fully saturated rings. The Morgan fingerprint density at radius 1 is 0.960 bits per heavy atom. The van der Waals surface area contributed by atoms with E-state index in [2.05, 4.69) is 51.4 Å². The molecular formula is C20H23N5. The van der Waals surface area contributed by atoms with Crippen molar-refractivity contribution < 1.29 is 0 Å². The third kappa shape index (κ3) is 3.27. The summed E-state index contributed by atoms with van der Waals surface area (Å²) in [5, 5.41) is 4.51. The van der Waals surface area contributed by atoms with Crippen LogP contribution in [0.4, 0.5) is 5.82 Å². The molecular weight excluding hydrogens is 310 g/mol. The van der Waals surface area contributed by atoms with Gasteiger partial charge in [0, 0.05) is 18.8 Å². The van der Waals surface area contributed by atoms with Gasteiger partial charge < -0.3 is 4.90 Å². The molecule has 3 aromatic rings. The fraction of sp³-hybridized carbons (Fsp3) is 0.350. The summed E-state index contributed by atoms with van der Waals surface area (Å²) in [7, 11) is 0. The van der Waals surface area contributed by atoms with E-state index in [1.54, 1.807) is 6.20 Å². The van der Waals surface area contributed by atoms with Gasteiger partial charge in [0.05, 0.1) is 18.1 Å². The van der Waals surface area contributed by atoms with Crippen LogP contribution >= 0.6 is 0 Å². The fourth-order valence-electron chi connectivity index (χ4n) is 3.63. The zero-order valence-corrected chi connectivity index (χ0v) is 14.8. The van der Waals surface area contributed by atoms with Crippen LogP contribution in [0.3, 0.4) is 0 Å². The Morgan fingerprint density at radius 2 is 1.68 bits per heavy atom. The van der Waals surface area contributed by atoms with Crippen molar-refractivity contribution in [3.8, 4) is 5.82 Å². The molecule has 0 saturated carbocycles. The maximum absolute atomic E-state index is 4.80. The van der Waals surface area contributed by atoms with E-state index in [0.29, 0.717) is 5.92 Å². The van der Waals surface area contributed by atoms with Gasteiger partial charge in [-0.05, 0) is 44.2 Å². The summed E-state index contributed by atoms with van der Waals surface area (Å²) >= 11 is 0. The summed E-state index contributed by atoms with van der Waals surface area (Å²) in [4.78, 5) is 11.5. The molecule has 0 N–H and O–H groups in total. The van der Waals surface area contributed by atoms with Crippen molar-refractivity contribution in [3.05, 3.63) is 65.7 Å². The first-order valence-electron chi connectivity index (χ1n) is 8.86. The van der Waals surface area contributed by atoms with E-state index >= 15 is 0 Å². The van der Waals surface area contributed by atoms with Crippen molar-refractivity contribution in [2.75, 3.05) is 18.0 Å². The lowest BCUT2D eigenvalue weighted by molar-refractivity contribution is 0.502. The molecule has 0 radical (unpaired) electrons. The highest BCUT2D eigenvalue weighted by Crippen LogP contribution is 2.29. The molecule has 5 nitrogen and oxygen atoms in total. The zero-order valence-electron chi connectivity index (χ0n) is 14.8. The van der Waals surface area contributed by atoms with Crippen molar-refractivity contribution >= 4 is 5.82 Å². The Kier molecular flexibility index (Phi) is 4.22. The first-order valence-corrected chi connectivity index (χ1v) is 8.86. The van der Waals surface area contributed by atoms with Crippen molar-refractivity contribution in [1.82, 2.24) is 19.7 Å². The Morgan fingerprint density at radius 3 is 2.36 bits per heavy atom. The van der Waals surface area contributed by atoms with Gasteiger partial charge >= 0.3 is 0 Å². The number of benzene rings is 1. The van der Waals surface area contributed by atoms with Gasteiger partial charge in [0.25, 0.3) is 0 Å². The number of aryl methyl sites for hydroxylation is 2. The first kappa shape index (κ1) is 15.8. The molecule has 0 spiro atoms. The minimum Gasteiger partial charge on any atom is -0.355 e. The number of piperidine rings is 1. The number of hydrogen-bond acceptors (Lipinski definition) is 4. The molecule has 4 rings (SSSR count). The molecule has 0 amide bonds. The molecule has 1 aliphatic rings. The van der Waals surface area contributed by atoms with E-state index in [1.807, 2.05) is 24.7 Å². The first-order chi connectivity index (χ1) is 12.2. The summed E-state index contributed by atoms with van der Waals surface area (Å²) in [6, 6.07) is 12.9. The van der Waals surface area contributed by atoms with Gasteiger partial charge in [-0.15, -0.1) is 0 Å². The molecule has 128 valence electrons. The average molecular weight is 333 g/mol. The fourth-order valence-corrected chi connectivity index (χ4v) is 3.63. The molecule has 2 aromatic heterocycles. The summed E-state index contributed by atoms with van der Waals surface area (Å²) in [6.07, 6.45) is 5.93. The summed E-state index contributed by atoms with van der Waals surface area (Å²) < 4.78 is 1.86. The standard InChI is InChI=1S/C20H23N5/c1-15-12-16(2)25(23-15)20-14-21-13-19(22-20)24-10-8-18(9-11-24)17-6-4-3-5-7-17/h3-7,12-14,18H,8-11H2,1-2H3. The van der Waals surface area contributed by atoms with Crippen LogP contribution in [0.15, 0.2) is 48.8 Å². The molecule has 5 heteroatoms. The van der Waals surface area contributed by atoms with Crippen LogP contribution in [0, 0.1) is 13.8 Å². The number of nitrogens with zero attached hydrogens (tertiary/aromatic N) is 5. The van der Waals surface area contributed by atoms with Crippen LogP contribution in [0.1, 0.15) is 35.7 Å². The van der Waals surface area contributed by atoms with Crippen LogP contribution in [-0.4, -0.2) is 32.8 Å². The highest BCUT2D eigenvalue weighted by molar-refractivity contribution is 5.41. The SMILES string of the molecule is Cc1cc(C)n(-c2cncc(N3CCC(c4ccccc4)CC3)n2)n1. The van der Waals surface area contributed by atoms with E-state index in [4.69, 9.17) is 4.98 Å². The van der Waals surface area contributed by atoms with Gasteiger partial charge in [0.2, 0.25) is 0 Å². The molecule has 0 bridgehead atoms.